The number of nitrogens with one attached hydrogen (secondary N) is 1. The van der Waals surface area contributed by atoms with Crippen molar-refractivity contribution in [2.75, 3.05) is 19.4 Å². The Morgan fingerprint density at radius 2 is 2.15 bits per heavy atom. The second-order valence-corrected chi connectivity index (χ2v) is 5.44. The lowest BCUT2D eigenvalue weighted by Gasteiger charge is -2.11. The second-order valence-electron chi connectivity index (χ2n) is 3.90. The molecule has 0 saturated heterocycles. The van der Waals surface area contributed by atoms with Gasteiger partial charge in [0.25, 0.3) is 0 Å². The number of halogens is 1. The summed E-state index contributed by atoms with van der Waals surface area (Å²) in [6.45, 7) is -0.0403. The van der Waals surface area contributed by atoms with Crippen molar-refractivity contribution in [1.29, 1.82) is 0 Å². The maximum absolute atomic E-state index is 11.6. The van der Waals surface area contributed by atoms with Crippen molar-refractivity contribution in [1.82, 2.24) is 5.32 Å². The Morgan fingerprint density at radius 3 is 2.75 bits per heavy atom. The number of carbonyl (C=O) groups excluding carboxylic acids is 1. The van der Waals surface area contributed by atoms with Crippen LogP contribution in [-0.2, 0) is 14.3 Å². The third-order valence-corrected chi connectivity index (χ3v) is 3.98. The van der Waals surface area contributed by atoms with E-state index in [2.05, 4.69) is 5.32 Å². The topological polar surface area (TPSA) is 75.6 Å². The highest BCUT2D eigenvalue weighted by Gasteiger charge is 2.16. The van der Waals surface area contributed by atoms with Crippen LogP contribution in [0.4, 0.5) is 0 Å². The molecule has 20 heavy (non-hydrogen) atoms. The van der Waals surface area contributed by atoms with E-state index in [9.17, 15) is 9.59 Å². The zero-order chi connectivity index (χ0) is 15.0. The SMILES string of the molecule is COC(CNC(=O)CCSc1ccccc1Cl)C(=O)O. The Hall–Kier alpha value is -1.24. The van der Waals surface area contributed by atoms with Crippen LogP contribution in [0, 0.1) is 0 Å². The van der Waals surface area contributed by atoms with Crippen LogP contribution in [-0.4, -0.2) is 42.5 Å². The number of thioether (sulfide) groups is 1. The fraction of sp³-hybridized carbons (Fsp3) is 0.385. The molecule has 1 aromatic rings. The van der Waals surface area contributed by atoms with Gasteiger partial charge in [-0.15, -0.1) is 11.8 Å². The number of amides is 1. The van der Waals surface area contributed by atoms with Crippen molar-refractivity contribution < 1.29 is 19.4 Å². The molecule has 0 aliphatic carbocycles. The minimum atomic E-state index is -1.10. The van der Waals surface area contributed by atoms with E-state index in [1.807, 2.05) is 18.2 Å². The van der Waals surface area contributed by atoms with Crippen LogP contribution in [0.5, 0.6) is 0 Å². The molecule has 0 spiro atoms. The van der Waals surface area contributed by atoms with Gasteiger partial charge in [-0.2, -0.15) is 0 Å². The number of methoxy groups -OCH3 is 1. The molecule has 0 bridgehead atoms. The highest BCUT2D eigenvalue weighted by molar-refractivity contribution is 7.99. The summed E-state index contributed by atoms with van der Waals surface area (Å²) in [6, 6.07) is 7.40. The molecule has 1 unspecified atom stereocenters. The van der Waals surface area contributed by atoms with Gasteiger partial charge >= 0.3 is 5.97 Å². The number of ether oxygens (including phenoxy) is 1. The third-order valence-electron chi connectivity index (χ3n) is 2.47. The molecule has 5 nitrogen and oxygen atoms in total. The summed E-state index contributed by atoms with van der Waals surface area (Å²) in [5.41, 5.74) is 0. The van der Waals surface area contributed by atoms with Crippen LogP contribution in [0.15, 0.2) is 29.2 Å². The summed E-state index contributed by atoms with van der Waals surface area (Å²) in [5.74, 6) is -0.744. The maximum Gasteiger partial charge on any atom is 0.334 e. The van der Waals surface area contributed by atoms with Gasteiger partial charge in [-0.25, -0.2) is 4.79 Å². The van der Waals surface area contributed by atoms with Gasteiger partial charge < -0.3 is 15.2 Å². The minimum Gasteiger partial charge on any atom is -0.479 e. The van der Waals surface area contributed by atoms with Gasteiger partial charge in [0.2, 0.25) is 5.91 Å². The molecule has 0 heterocycles. The quantitative estimate of drug-likeness (QED) is 0.718. The fourth-order valence-electron chi connectivity index (χ4n) is 1.38. The number of aliphatic carboxylic acids is 1. The lowest BCUT2D eigenvalue weighted by Crippen LogP contribution is -2.37. The molecule has 0 aliphatic rings. The molecule has 0 saturated carbocycles. The number of benzene rings is 1. The predicted molar refractivity (Wildman–Crippen MR) is 78.2 cm³/mol. The van der Waals surface area contributed by atoms with E-state index in [4.69, 9.17) is 21.4 Å². The first-order valence-electron chi connectivity index (χ1n) is 5.94. The molecule has 0 aromatic heterocycles. The minimum absolute atomic E-state index is 0.0403. The normalized spacial score (nSPS) is 11.9. The molecule has 1 rings (SSSR count). The Bertz CT molecular complexity index is 469. The molecular weight excluding hydrogens is 302 g/mol. The highest BCUT2D eigenvalue weighted by Crippen LogP contribution is 2.26. The standard InChI is InChI=1S/C13H16ClNO4S/c1-19-10(13(17)18)8-15-12(16)6-7-20-11-5-3-2-4-9(11)14/h2-5,10H,6-8H2,1H3,(H,15,16)(H,17,18). The fourth-order valence-corrected chi connectivity index (χ4v) is 2.57. The summed E-state index contributed by atoms with van der Waals surface area (Å²) >= 11 is 7.47. The number of carboxylic acid groups (broad SMARTS) is 1. The van der Waals surface area contributed by atoms with Crippen LogP contribution in [0.25, 0.3) is 0 Å². The highest BCUT2D eigenvalue weighted by atomic mass is 35.5. The average Bonchev–Trinajstić information content (AvgIpc) is 2.41. The molecule has 7 heteroatoms. The Balaban J connectivity index is 2.27. The van der Waals surface area contributed by atoms with E-state index in [0.717, 1.165) is 4.90 Å². The van der Waals surface area contributed by atoms with Gasteiger partial charge in [0.05, 0.1) is 11.6 Å². The molecule has 0 aliphatic heterocycles. The van der Waals surface area contributed by atoms with Crippen LogP contribution < -0.4 is 5.32 Å². The first-order chi connectivity index (χ1) is 9.54. The Morgan fingerprint density at radius 1 is 1.45 bits per heavy atom. The average molecular weight is 318 g/mol. The maximum atomic E-state index is 11.6. The molecule has 1 amide bonds. The van der Waals surface area contributed by atoms with Crippen molar-refractivity contribution in [2.45, 2.75) is 17.4 Å². The van der Waals surface area contributed by atoms with Crippen molar-refractivity contribution in [3.05, 3.63) is 29.3 Å². The lowest BCUT2D eigenvalue weighted by atomic mass is 10.3. The zero-order valence-electron chi connectivity index (χ0n) is 11.0. The van der Waals surface area contributed by atoms with Gasteiger partial charge in [0.1, 0.15) is 0 Å². The number of rotatable bonds is 8. The van der Waals surface area contributed by atoms with Crippen molar-refractivity contribution >= 4 is 35.2 Å². The van der Waals surface area contributed by atoms with E-state index in [0.29, 0.717) is 10.8 Å². The van der Waals surface area contributed by atoms with Gasteiger partial charge in [-0.1, -0.05) is 23.7 Å². The predicted octanol–water partition coefficient (Wildman–Crippen LogP) is 2.04. The van der Waals surface area contributed by atoms with Gasteiger partial charge in [0.15, 0.2) is 6.10 Å². The zero-order valence-corrected chi connectivity index (χ0v) is 12.5. The van der Waals surface area contributed by atoms with E-state index in [-0.39, 0.29) is 18.9 Å². The van der Waals surface area contributed by atoms with Crippen molar-refractivity contribution in [2.24, 2.45) is 0 Å². The van der Waals surface area contributed by atoms with Gasteiger partial charge in [-0.3, -0.25) is 4.79 Å². The second kappa shape index (κ2) is 8.84. The van der Waals surface area contributed by atoms with E-state index in [1.54, 1.807) is 6.07 Å². The molecule has 0 radical (unpaired) electrons. The molecular formula is C13H16ClNO4S. The van der Waals surface area contributed by atoms with Gasteiger partial charge in [-0.05, 0) is 12.1 Å². The van der Waals surface area contributed by atoms with Gasteiger partial charge in [0, 0.05) is 24.2 Å². The third kappa shape index (κ3) is 5.81. The summed E-state index contributed by atoms with van der Waals surface area (Å²) < 4.78 is 4.71. The van der Waals surface area contributed by atoms with Crippen LogP contribution >= 0.6 is 23.4 Å². The number of hydrogen-bond donors (Lipinski definition) is 2. The Kier molecular flexibility index (Phi) is 7.43. The number of carboxylic acids is 1. The lowest BCUT2D eigenvalue weighted by molar-refractivity contribution is -0.148. The van der Waals surface area contributed by atoms with Crippen LogP contribution in [0.3, 0.4) is 0 Å². The van der Waals surface area contributed by atoms with Crippen LogP contribution in [0.1, 0.15) is 6.42 Å². The smallest absolute Gasteiger partial charge is 0.334 e. The first kappa shape index (κ1) is 16.8. The van der Waals surface area contributed by atoms with E-state index < -0.39 is 12.1 Å². The molecule has 1 atom stereocenters. The summed E-state index contributed by atoms with van der Waals surface area (Å²) in [6.07, 6.45) is -0.735. The first-order valence-corrected chi connectivity index (χ1v) is 7.30. The largest absolute Gasteiger partial charge is 0.479 e. The Labute approximate surface area is 126 Å². The summed E-state index contributed by atoms with van der Waals surface area (Å²) in [7, 11) is 1.29. The number of carbonyl (C=O) groups is 2. The summed E-state index contributed by atoms with van der Waals surface area (Å²) in [5, 5.41) is 11.9. The monoisotopic (exact) mass is 317 g/mol. The summed E-state index contributed by atoms with van der Waals surface area (Å²) in [4.78, 5) is 23.2. The molecule has 0 fully saturated rings. The molecule has 1 aromatic carbocycles. The van der Waals surface area contributed by atoms with Crippen molar-refractivity contribution in [3.63, 3.8) is 0 Å². The molecule has 110 valence electrons. The molecule has 2 N–H and O–H groups in total. The van der Waals surface area contributed by atoms with Crippen molar-refractivity contribution in [3.8, 4) is 0 Å². The van der Waals surface area contributed by atoms with Crippen LogP contribution in [0.2, 0.25) is 5.02 Å². The number of hydrogen-bond acceptors (Lipinski definition) is 4. The van der Waals surface area contributed by atoms with E-state index >= 15 is 0 Å². The van der Waals surface area contributed by atoms with E-state index in [1.165, 1.54) is 18.9 Å².